The molecular formula is C40H38F2N10O13P2S3. The Labute approximate surface area is 407 Å². The molecule has 368 valence electrons. The van der Waals surface area contributed by atoms with Crippen molar-refractivity contribution in [1.29, 1.82) is 0 Å². The number of hydrogen-bond acceptors (Lipinski definition) is 22. The Bertz CT molecular complexity index is 2850. The Morgan fingerprint density at radius 3 is 1.70 bits per heavy atom. The molecule has 0 saturated carbocycles. The maximum atomic E-state index is 17.4. The van der Waals surface area contributed by atoms with Gasteiger partial charge in [0.15, 0.2) is 47.1 Å². The molecule has 0 amide bonds. The highest BCUT2D eigenvalue weighted by Gasteiger charge is 2.55. The summed E-state index contributed by atoms with van der Waals surface area (Å²) in [6.45, 7) is 1.29. The standard InChI is InChI=1S/C40H38F2N10O13P2S3/c1-3-13-58-37-31-35(43-19-45-37)49(21-47-31)39-29(41)33-28(63-39)16-61-67(68,70-18-24-10-6-8-12-26(24)52(55)56)65-34-27(15-60-66(57,64-33)69-17-23-9-5-7-11-25(23)51(53)54)62-40(30(34)42)50-22-48-32-36(50)44-20-46-38(32)59-14-4-2/h3-12,19-22,27-30,33-34,39-40H,1-2,13-18H2/t27-,28-,29-,30-,33-,34-,39?,40-,66-,67-/m1/s1. The van der Waals surface area contributed by atoms with Crippen LogP contribution in [-0.2, 0) is 55.4 Å². The van der Waals surface area contributed by atoms with Crippen LogP contribution in [0.25, 0.3) is 22.3 Å². The SMILES string of the molecule is C=CCOc1ncnc2c1ncn2C1O[C@@H]2CO[P@@](=S)(SCc3ccccc3[N+](=O)[O-])O[C@H]3[C@@H](F)[C@H](n4cnc5c(OCC=C)ncnc54)O[C@@H]3CO[P@@](=O)(SCc3ccccc3[N+](=O)[O-])O[C@H]2[C@H]1F. The second kappa shape index (κ2) is 21.1. The van der Waals surface area contributed by atoms with E-state index in [4.69, 9.17) is 48.8 Å². The smallest absolute Gasteiger partial charge is 0.390 e. The minimum Gasteiger partial charge on any atom is -0.472 e. The first kappa shape index (κ1) is 49.6. The van der Waals surface area contributed by atoms with Gasteiger partial charge in [0.05, 0.1) is 35.7 Å². The van der Waals surface area contributed by atoms with Crippen LogP contribution < -0.4 is 9.47 Å². The third kappa shape index (κ3) is 10.2. The zero-order valence-corrected chi connectivity index (χ0v) is 40.3. The van der Waals surface area contributed by atoms with Gasteiger partial charge in [-0.3, -0.25) is 38.4 Å². The summed E-state index contributed by atoms with van der Waals surface area (Å²) in [5.41, 5.74) is -3.62. The summed E-state index contributed by atoms with van der Waals surface area (Å²) < 4.78 is 102. The fraction of sp³-hybridized carbons (Fsp3) is 0.350. The molecule has 2 aromatic carbocycles. The molecule has 0 N–H and O–H groups in total. The third-order valence-electron chi connectivity index (χ3n) is 10.8. The van der Waals surface area contributed by atoms with Crippen molar-refractivity contribution in [2.75, 3.05) is 26.4 Å². The molecule has 30 heteroatoms. The Morgan fingerprint density at radius 2 is 1.20 bits per heavy atom. The van der Waals surface area contributed by atoms with Crippen LogP contribution in [-0.4, -0.2) is 112 Å². The summed E-state index contributed by atoms with van der Waals surface area (Å²) in [6.07, 6.45) is -6.03. The number of alkyl halides is 2. The van der Waals surface area contributed by atoms with Gasteiger partial charge < -0.3 is 28.0 Å². The van der Waals surface area contributed by atoms with E-state index in [1.54, 1.807) is 12.1 Å². The van der Waals surface area contributed by atoms with E-state index >= 15 is 13.3 Å². The summed E-state index contributed by atoms with van der Waals surface area (Å²) >= 11 is 7.46. The first-order valence-electron chi connectivity index (χ1n) is 20.8. The maximum absolute atomic E-state index is 17.4. The van der Waals surface area contributed by atoms with Crippen LogP contribution >= 0.6 is 35.3 Å². The van der Waals surface area contributed by atoms with E-state index in [1.165, 1.54) is 83.0 Å². The molecule has 0 bridgehead atoms. The van der Waals surface area contributed by atoms with Gasteiger partial charge in [-0.15, -0.1) is 0 Å². The number of nitro groups is 2. The molecule has 9 rings (SSSR count). The molecule has 6 aromatic rings. The molecule has 0 spiro atoms. The molecule has 3 fully saturated rings. The van der Waals surface area contributed by atoms with E-state index in [0.29, 0.717) is 11.4 Å². The summed E-state index contributed by atoms with van der Waals surface area (Å²) in [7, 11) is 0. The number of rotatable bonds is 16. The quantitative estimate of drug-likeness (QED) is 0.0383. The second-order valence-electron chi connectivity index (χ2n) is 15.2. The van der Waals surface area contributed by atoms with E-state index in [9.17, 15) is 20.2 Å². The Balaban J connectivity index is 1.10. The molecule has 10 atom stereocenters. The van der Waals surface area contributed by atoms with Crippen molar-refractivity contribution in [3.63, 3.8) is 0 Å². The van der Waals surface area contributed by atoms with Gasteiger partial charge in [0.2, 0.25) is 17.5 Å². The Kier molecular flexibility index (Phi) is 15.0. The van der Waals surface area contributed by atoms with Crippen LogP contribution in [0.5, 0.6) is 11.8 Å². The van der Waals surface area contributed by atoms with Gasteiger partial charge >= 0.3 is 6.80 Å². The minimum atomic E-state index is -4.74. The highest BCUT2D eigenvalue weighted by atomic mass is 32.9. The van der Waals surface area contributed by atoms with Crippen LogP contribution in [0.15, 0.2) is 99.2 Å². The predicted octanol–water partition coefficient (Wildman–Crippen LogP) is 8.10. The molecule has 0 radical (unpaired) electrons. The lowest BCUT2D eigenvalue weighted by atomic mass is 10.1. The van der Waals surface area contributed by atoms with Crippen LogP contribution in [0.1, 0.15) is 23.6 Å². The van der Waals surface area contributed by atoms with Gasteiger partial charge in [0.1, 0.15) is 50.3 Å². The lowest BCUT2D eigenvalue weighted by Gasteiger charge is -2.32. The van der Waals surface area contributed by atoms with E-state index in [0.717, 1.165) is 11.4 Å². The van der Waals surface area contributed by atoms with Gasteiger partial charge in [-0.1, -0.05) is 73.1 Å². The fourth-order valence-electron chi connectivity index (χ4n) is 7.62. The van der Waals surface area contributed by atoms with Crippen molar-refractivity contribution in [2.45, 2.75) is 60.7 Å². The number of para-hydroxylation sites is 2. The first-order valence-corrected chi connectivity index (χ1v) is 28.2. The largest absolute Gasteiger partial charge is 0.472 e. The van der Waals surface area contributed by atoms with E-state index in [1.807, 2.05) is 0 Å². The number of imidazole rings is 2. The predicted molar refractivity (Wildman–Crippen MR) is 252 cm³/mol. The molecule has 70 heavy (non-hydrogen) atoms. The average Bonchev–Trinajstić information content (AvgIpc) is 4.14. The normalized spacial score (nSPS) is 28.0. The van der Waals surface area contributed by atoms with Crippen molar-refractivity contribution in [1.82, 2.24) is 39.0 Å². The van der Waals surface area contributed by atoms with Gasteiger partial charge in [0, 0.05) is 34.8 Å². The molecule has 7 heterocycles. The summed E-state index contributed by atoms with van der Waals surface area (Å²) in [6, 6.07) is 11.6. The van der Waals surface area contributed by atoms with Crippen molar-refractivity contribution in [2.24, 2.45) is 0 Å². The molecule has 4 aromatic heterocycles. The Hall–Kier alpha value is -5.38. The maximum Gasteiger partial charge on any atom is 0.390 e. The van der Waals surface area contributed by atoms with Crippen LogP contribution in [0.2, 0.25) is 0 Å². The van der Waals surface area contributed by atoms with E-state index in [2.05, 4.69) is 43.1 Å². The minimum absolute atomic E-state index is 0.0684. The monoisotopic (exact) mass is 1060 g/mol. The Morgan fingerprint density at radius 1 is 0.729 bits per heavy atom. The topological polar surface area (TPSA) is 264 Å². The number of aromatic nitrogens is 8. The number of nitro benzene ring substituents is 2. The van der Waals surface area contributed by atoms with Gasteiger partial charge in [0.25, 0.3) is 11.4 Å². The van der Waals surface area contributed by atoms with Crippen molar-refractivity contribution < 1.29 is 60.2 Å². The molecular weight excluding hydrogens is 1020 g/mol. The number of fused-ring (bicyclic) bond motifs is 4. The number of hydrogen-bond donors (Lipinski definition) is 0. The van der Waals surface area contributed by atoms with Crippen LogP contribution in [0.4, 0.5) is 20.2 Å². The lowest BCUT2D eigenvalue weighted by molar-refractivity contribution is -0.385. The van der Waals surface area contributed by atoms with Crippen molar-refractivity contribution in [3.8, 4) is 11.8 Å². The zero-order chi connectivity index (χ0) is 49.2. The van der Waals surface area contributed by atoms with Crippen molar-refractivity contribution >= 4 is 80.8 Å². The molecule has 3 aliphatic rings. The highest BCUT2D eigenvalue weighted by Crippen LogP contribution is 2.67. The summed E-state index contributed by atoms with van der Waals surface area (Å²) in [4.78, 5) is 48.3. The molecule has 3 aliphatic heterocycles. The summed E-state index contributed by atoms with van der Waals surface area (Å²) in [5, 5.41) is 24.0. The molecule has 3 saturated heterocycles. The van der Waals surface area contributed by atoms with Crippen LogP contribution in [0, 0.1) is 20.2 Å². The zero-order valence-electron chi connectivity index (χ0n) is 36.0. The third-order valence-corrected chi connectivity index (χ3v) is 19.6. The number of benzene rings is 2. The molecule has 23 nitrogen and oxygen atoms in total. The van der Waals surface area contributed by atoms with E-state index in [-0.39, 0.29) is 81.3 Å². The molecule has 1 unspecified atom stereocenters. The number of ether oxygens (including phenoxy) is 4. The molecule has 0 aliphatic carbocycles. The lowest BCUT2D eigenvalue weighted by Crippen LogP contribution is -2.37. The van der Waals surface area contributed by atoms with Gasteiger partial charge in [-0.2, -0.15) is 9.97 Å². The average molecular weight is 1060 g/mol. The van der Waals surface area contributed by atoms with Gasteiger partial charge in [-0.25, -0.2) is 33.3 Å². The summed E-state index contributed by atoms with van der Waals surface area (Å²) in [5.74, 6) is -0.349. The van der Waals surface area contributed by atoms with Crippen molar-refractivity contribution in [3.05, 3.63) is 131 Å². The van der Waals surface area contributed by atoms with Gasteiger partial charge in [-0.05, 0) is 23.2 Å². The number of nitrogens with zero attached hydrogens (tertiary/aromatic N) is 10. The fourth-order valence-corrected chi connectivity index (χ4v) is 15.4. The first-order chi connectivity index (χ1) is 33.8. The highest BCUT2D eigenvalue weighted by molar-refractivity contribution is 8.67. The van der Waals surface area contributed by atoms with E-state index < -0.39 is 84.8 Å². The van der Waals surface area contributed by atoms with Crippen LogP contribution in [0.3, 0.4) is 0 Å². The second-order valence-corrected chi connectivity index (χ2v) is 25.5. The number of halogens is 2.